The molecule has 1 atom stereocenters. The Kier molecular flexibility index (Phi) is 4.45. The van der Waals surface area contributed by atoms with Crippen LogP contribution in [0.4, 0.5) is 0 Å². The fourth-order valence-electron chi connectivity index (χ4n) is 3.33. The van der Waals surface area contributed by atoms with E-state index in [0.29, 0.717) is 5.56 Å². The summed E-state index contributed by atoms with van der Waals surface area (Å²) in [5, 5.41) is 0. The van der Waals surface area contributed by atoms with Crippen molar-refractivity contribution in [1.82, 2.24) is 4.90 Å². The quantitative estimate of drug-likeness (QED) is 0.795. The van der Waals surface area contributed by atoms with Crippen molar-refractivity contribution in [2.45, 2.75) is 19.9 Å². The van der Waals surface area contributed by atoms with Crippen molar-refractivity contribution >= 4 is 18.0 Å². The number of hydrogen-bond donors (Lipinski definition) is 0. The lowest BCUT2D eigenvalue weighted by Gasteiger charge is -2.41. The topological polar surface area (TPSA) is 46.6 Å². The molecule has 1 amide bonds. The van der Waals surface area contributed by atoms with E-state index in [1.54, 1.807) is 23.2 Å². The number of carbonyl (C=O) groups excluding carboxylic acids is 2. The molecule has 128 valence electrons. The molecule has 1 unspecified atom stereocenters. The number of amides is 1. The number of rotatable bonds is 3. The lowest BCUT2D eigenvalue weighted by Crippen LogP contribution is -2.44. The Bertz CT molecular complexity index is 824. The average molecular weight is 335 g/mol. The van der Waals surface area contributed by atoms with Gasteiger partial charge in [-0.25, -0.2) is 0 Å². The third-order valence-electron chi connectivity index (χ3n) is 4.63. The summed E-state index contributed by atoms with van der Waals surface area (Å²) in [6.45, 7) is 3.62. The van der Waals surface area contributed by atoms with Crippen molar-refractivity contribution in [3.05, 3.63) is 77.5 Å². The van der Waals surface area contributed by atoms with E-state index in [0.717, 1.165) is 11.1 Å². The number of hydrogen-bond acceptors (Lipinski definition) is 3. The third kappa shape index (κ3) is 2.95. The van der Waals surface area contributed by atoms with Gasteiger partial charge in [0.15, 0.2) is 0 Å². The number of methoxy groups -OCH3 is 1. The summed E-state index contributed by atoms with van der Waals surface area (Å²) >= 11 is 0. The van der Waals surface area contributed by atoms with Crippen LogP contribution in [-0.2, 0) is 9.53 Å². The summed E-state index contributed by atoms with van der Waals surface area (Å²) in [5.74, 6) is -0.498. The average Bonchev–Trinajstić information content (AvgIpc) is 2.66. The van der Waals surface area contributed by atoms with Gasteiger partial charge in [-0.3, -0.25) is 9.59 Å². The highest BCUT2D eigenvalue weighted by atomic mass is 16.5. The Morgan fingerprint density at radius 3 is 2.32 bits per heavy atom. The largest absolute Gasteiger partial charge is 0.469 e. The van der Waals surface area contributed by atoms with Gasteiger partial charge in [0.1, 0.15) is 0 Å². The van der Waals surface area contributed by atoms with Crippen LogP contribution in [0.3, 0.4) is 0 Å². The predicted molar refractivity (Wildman–Crippen MR) is 96.6 cm³/mol. The summed E-state index contributed by atoms with van der Waals surface area (Å²) in [4.78, 5) is 27.2. The maximum Gasteiger partial charge on any atom is 0.313 e. The van der Waals surface area contributed by atoms with Crippen molar-refractivity contribution < 1.29 is 14.3 Å². The molecule has 1 aliphatic rings. The second-order valence-corrected chi connectivity index (χ2v) is 6.64. The molecule has 0 N–H and O–H groups in total. The van der Waals surface area contributed by atoms with Gasteiger partial charge in [-0.15, -0.1) is 0 Å². The standard InChI is InChI=1S/C21H21NO3/c1-21(2,20(24)25-3)18-17-12-8-7-9-15(17)13-14-22(18)19(23)16-10-5-4-6-11-16/h4-14,18H,1-3H3. The van der Waals surface area contributed by atoms with Gasteiger partial charge < -0.3 is 9.64 Å². The van der Waals surface area contributed by atoms with E-state index in [-0.39, 0.29) is 11.9 Å². The molecular weight excluding hydrogens is 314 g/mol. The van der Waals surface area contributed by atoms with Crippen LogP contribution in [-0.4, -0.2) is 23.9 Å². The zero-order chi connectivity index (χ0) is 18.0. The predicted octanol–water partition coefficient (Wildman–Crippen LogP) is 4.05. The van der Waals surface area contributed by atoms with Crippen LogP contribution in [0.5, 0.6) is 0 Å². The summed E-state index contributed by atoms with van der Waals surface area (Å²) < 4.78 is 5.02. The first-order chi connectivity index (χ1) is 12.0. The minimum absolute atomic E-state index is 0.145. The molecular formula is C21H21NO3. The van der Waals surface area contributed by atoms with E-state index in [2.05, 4.69) is 0 Å². The van der Waals surface area contributed by atoms with Crippen molar-refractivity contribution in [3.8, 4) is 0 Å². The monoisotopic (exact) mass is 335 g/mol. The first kappa shape index (κ1) is 17.0. The number of fused-ring (bicyclic) bond motifs is 1. The van der Waals surface area contributed by atoms with Crippen molar-refractivity contribution in [2.24, 2.45) is 5.41 Å². The molecule has 0 saturated heterocycles. The minimum Gasteiger partial charge on any atom is -0.469 e. The van der Waals surface area contributed by atoms with E-state index in [1.165, 1.54) is 7.11 Å². The van der Waals surface area contributed by atoms with E-state index in [1.807, 2.05) is 62.4 Å². The molecule has 0 radical (unpaired) electrons. The molecule has 25 heavy (non-hydrogen) atoms. The van der Waals surface area contributed by atoms with Crippen LogP contribution in [0.15, 0.2) is 60.8 Å². The molecule has 4 nitrogen and oxygen atoms in total. The van der Waals surface area contributed by atoms with Gasteiger partial charge in [0.25, 0.3) is 5.91 Å². The van der Waals surface area contributed by atoms with E-state index < -0.39 is 11.5 Å². The lowest BCUT2D eigenvalue weighted by atomic mass is 9.76. The SMILES string of the molecule is COC(=O)C(C)(C)C1c2ccccc2C=CN1C(=O)c1ccccc1. The molecule has 0 bridgehead atoms. The molecule has 2 aromatic rings. The molecule has 0 spiro atoms. The second-order valence-electron chi connectivity index (χ2n) is 6.64. The molecule has 0 saturated carbocycles. The van der Waals surface area contributed by atoms with Crippen LogP contribution >= 0.6 is 0 Å². The highest BCUT2D eigenvalue weighted by molar-refractivity contribution is 5.96. The van der Waals surface area contributed by atoms with Crippen molar-refractivity contribution in [3.63, 3.8) is 0 Å². The molecule has 3 rings (SSSR count). The maximum atomic E-state index is 13.1. The number of benzene rings is 2. The van der Waals surface area contributed by atoms with E-state index in [4.69, 9.17) is 4.74 Å². The van der Waals surface area contributed by atoms with Gasteiger partial charge in [-0.05, 0) is 43.2 Å². The smallest absolute Gasteiger partial charge is 0.313 e. The normalized spacial score (nSPS) is 16.3. The zero-order valence-electron chi connectivity index (χ0n) is 14.6. The summed E-state index contributed by atoms with van der Waals surface area (Å²) in [7, 11) is 1.37. The molecule has 4 heteroatoms. The molecule has 0 aromatic heterocycles. The Morgan fingerprint density at radius 2 is 1.64 bits per heavy atom. The molecule has 2 aromatic carbocycles. The van der Waals surface area contributed by atoms with Gasteiger partial charge in [-0.1, -0.05) is 42.5 Å². The minimum atomic E-state index is -0.903. The number of nitrogens with zero attached hydrogens (tertiary/aromatic N) is 1. The fourth-order valence-corrected chi connectivity index (χ4v) is 3.33. The molecule has 1 heterocycles. The second kappa shape index (κ2) is 6.55. The highest BCUT2D eigenvalue weighted by Crippen LogP contribution is 2.44. The molecule has 1 aliphatic heterocycles. The first-order valence-electron chi connectivity index (χ1n) is 8.20. The van der Waals surface area contributed by atoms with Gasteiger partial charge >= 0.3 is 5.97 Å². The van der Waals surface area contributed by atoms with Gasteiger partial charge in [0.2, 0.25) is 0 Å². The van der Waals surface area contributed by atoms with Gasteiger partial charge in [-0.2, -0.15) is 0 Å². The zero-order valence-corrected chi connectivity index (χ0v) is 14.6. The third-order valence-corrected chi connectivity index (χ3v) is 4.63. The Balaban J connectivity index is 2.11. The van der Waals surface area contributed by atoms with Gasteiger partial charge in [0.05, 0.1) is 18.6 Å². The Morgan fingerprint density at radius 1 is 1.00 bits per heavy atom. The fraction of sp³-hybridized carbons (Fsp3) is 0.238. The van der Waals surface area contributed by atoms with Crippen molar-refractivity contribution in [1.29, 1.82) is 0 Å². The summed E-state index contributed by atoms with van der Waals surface area (Å²) in [6, 6.07) is 16.4. The summed E-state index contributed by atoms with van der Waals surface area (Å²) in [6.07, 6.45) is 3.66. The van der Waals surface area contributed by atoms with Crippen LogP contribution in [0, 0.1) is 5.41 Å². The Labute approximate surface area is 147 Å². The molecule has 0 aliphatic carbocycles. The maximum absolute atomic E-state index is 13.1. The van der Waals surface area contributed by atoms with Gasteiger partial charge in [0, 0.05) is 11.8 Å². The first-order valence-corrected chi connectivity index (χ1v) is 8.20. The van der Waals surface area contributed by atoms with Crippen molar-refractivity contribution in [2.75, 3.05) is 7.11 Å². The molecule has 0 fully saturated rings. The van der Waals surface area contributed by atoms with Crippen LogP contribution in [0.1, 0.15) is 41.4 Å². The van der Waals surface area contributed by atoms with Crippen LogP contribution < -0.4 is 0 Å². The number of carbonyl (C=O) groups is 2. The van der Waals surface area contributed by atoms with E-state index in [9.17, 15) is 9.59 Å². The van der Waals surface area contributed by atoms with E-state index >= 15 is 0 Å². The number of ether oxygens (including phenoxy) is 1. The number of esters is 1. The summed E-state index contributed by atoms with van der Waals surface area (Å²) in [5.41, 5.74) is 1.61. The van der Waals surface area contributed by atoms with Crippen LogP contribution in [0.2, 0.25) is 0 Å². The lowest BCUT2D eigenvalue weighted by molar-refractivity contribution is -0.154. The Hall–Kier alpha value is -2.88. The van der Waals surface area contributed by atoms with Crippen LogP contribution in [0.25, 0.3) is 6.08 Å². The highest BCUT2D eigenvalue weighted by Gasteiger charge is 2.45.